The van der Waals surface area contributed by atoms with Crippen molar-refractivity contribution in [2.75, 3.05) is 6.54 Å². The minimum atomic E-state index is -0.0260. The van der Waals surface area contributed by atoms with Crippen molar-refractivity contribution >= 4 is 5.96 Å². The Morgan fingerprint density at radius 1 is 1.50 bits per heavy atom. The van der Waals surface area contributed by atoms with Gasteiger partial charge in [0, 0.05) is 6.54 Å². The van der Waals surface area contributed by atoms with Crippen molar-refractivity contribution in [2.24, 2.45) is 5.73 Å². The molecule has 1 aromatic rings. The maximum atomic E-state index is 9.32. The fourth-order valence-electron chi connectivity index (χ4n) is 1.33. The summed E-state index contributed by atoms with van der Waals surface area (Å²) in [6.45, 7) is 2.54. The average Bonchev–Trinajstić information content (AvgIpc) is 2.01. The maximum absolute atomic E-state index is 9.32. The molecule has 0 spiro atoms. The van der Waals surface area contributed by atoms with E-state index in [0.29, 0.717) is 6.54 Å². The smallest absolute Gasteiger partial charge is 0.185 e. The lowest BCUT2D eigenvalue weighted by Gasteiger charge is -2.05. The highest BCUT2D eigenvalue weighted by Gasteiger charge is 1.97. The first-order valence-electron chi connectivity index (χ1n) is 4.45. The normalized spacial score (nSPS) is 9.79. The summed E-state index contributed by atoms with van der Waals surface area (Å²) in [6.07, 6.45) is 0.745. The number of hydrogen-bond acceptors (Lipinski definition) is 2. The van der Waals surface area contributed by atoms with E-state index < -0.39 is 0 Å². The Labute approximate surface area is 83.3 Å². The van der Waals surface area contributed by atoms with E-state index in [4.69, 9.17) is 11.1 Å². The first kappa shape index (κ1) is 10.4. The summed E-state index contributed by atoms with van der Waals surface area (Å²) in [5.74, 6) is 0.254. The third-order valence-electron chi connectivity index (χ3n) is 1.85. The lowest BCUT2D eigenvalue weighted by atomic mass is 10.1. The van der Waals surface area contributed by atoms with Crippen molar-refractivity contribution in [3.05, 3.63) is 29.3 Å². The van der Waals surface area contributed by atoms with Crippen LogP contribution in [0.4, 0.5) is 0 Å². The quantitative estimate of drug-likeness (QED) is 0.422. The van der Waals surface area contributed by atoms with Gasteiger partial charge in [-0.25, -0.2) is 0 Å². The van der Waals surface area contributed by atoms with Crippen LogP contribution in [-0.4, -0.2) is 17.6 Å². The summed E-state index contributed by atoms with van der Waals surface area (Å²) in [7, 11) is 0. The van der Waals surface area contributed by atoms with Crippen LogP contribution in [0.2, 0.25) is 0 Å². The number of benzene rings is 1. The van der Waals surface area contributed by atoms with Crippen LogP contribution in [0.3, 0.4) is 0 Å². The summed E-state index contributed by atoms with van der Waals surface area (Å²) in [6, 6.07) is 5.43. The standard InChI is InChI=1S/C10H15N3O/c1-7-4-8(6-9(14)5-7)2-3-13-10(11)12/h4-6,14H,2-3H2,1H3,(H4,11,12,13). The zero-order valence-corrected chi connectivity index (χ0v) is 8.17. The topological polar surface area (TPSA) is 82.1 Å². The van der Waals surface area contributed by atoms with Crippen molar-refractivity contribution in [3.63, 3.8) is 0 Å². The molecule has 4 nitrogen and oxygen atoms in total. The van der Waals surface area contributed by atoms with Crippen molar-refractivity contribution in [1.82, 2.24) is 5.32 Å². The molecule has 0 amide bonds. The highest BCUT2D eigenvalue weighted by Crippen LogP contribution is 2.14. The lowest BCUT2D eigenvalue weighted by Crippen LogP contribution is -2.31. The predicted octanol–water partition coefficient (Wildman–Crippen LogP) is 0.726. The predicted molar refractivity (Wildman–Crippen MR) is 56.5 cm³/mol. The first-order chi connectivity index (χ1) is 6.58. The zero-order chi connectivity index (χ0) is 10.6. The molecule has 0 radical (unpaired) electrons. The first-order valence-corrected chi connectivity index (χ1v) is 4.45. The lowest BCUT2D eigenvalue weighted by molar-refractivity contribution is 0.474. The minimum Gasteiger partial charge on any atom is -0.508 e. The van der Waals surface area contributed by atoms with Crippen LogP contribution in [0.1, 0.15) is 11.1 Å². The van der Waals surface area contributed by atoms with E-state index in [1.165, 1.54) is 0 Å². The molecule has 0 bridgehead atoms. The highest BCUT2D eigenvalue weighted by atomic mass is 16.3. The number of nitrogens with one attached hydrogen (secondary N) is 2. The Hall–Kier alpha value is -1.71. The van der Waals surface area contributed by atoms with Crippen LogP contribution >= 0.6 is 0 Å². The molecule has 14 heavy (non-hydrogen) atoms. The molecule has 1 rings (SSSR count). The Morgan fingerprint density at radius 2 is 2.21 bits per heavy atom. The summed E-state index contributed by atoms with van der Waals surface area (Å²) in [5, 5.41) is 19.0. The van der Waals surface area contributed by atoms with E-state index in [2.05, 4.69) is 5.32 Å². The monoisotopic (exact) mass is 193 g/mol. The van der Waals surface area contributed by atoms with Gasteiger partial charge in [0.15, 0.2) is 5.96 Å². The number of hydrogen-bond donors (Lipinski definition) is 4. The van der Waals surface area contributed by atoms with E-state index in [9.17, 15) is 5.11 Å². The summed E-state index contributed by atoms with van der Waals surface area (Å²) < 4.78 is 0. The molecule has 0 aliphatic carbocycles. The number of aryl methyl sites for hydroxylation is 1. The van der Waals surface area contributed by atoms with Gasteiger partial charge >= 0.3 is 0 Å². The molecule has 0 saturated heterocycles. The largest absolute Gasteiger partial charge is 0.508 e. The fourth-order valence-corrected chi connectivity index (χ4v) is 1.33. The molecule has 0 fully saturated rings. The number of phenols is 1. The van der Waals surface area contributed by atoms with E-state index in [1.54, 1.807) is 12.1 Å². The molecule has 0 atom stereocenters. The van der Waals surface area contributed by atoms with Gasteiger partial charge in [-0.05, 0) is 36.6 Å². The molecular weight excluding hydrogens is 178 g/mol. The second-order valence-electron chi connectivity index (χ2n) is 3.27. The molecule has 76 valence electrons. The maximum Gasteiger partial charge on any atom is 0.185 e. The van der Waals surface area contributed by atoms with Crippen molar-refractivity contribution in [2.45, 2.75) is 13.3 Å². The van der Waals surface area contributed by atoms with Gasteiger partial charge < -0.3 is 16.2 Å². The number of rotatable bonds is 3. The van der Waals surface area contributed by atoms with Gasteiger partial charge in [0.1, 0.15) is 5.75 Å². The SMILES string of the molecule is Cc1cc(O)cc(CCNC(=N)N)c1. The molecule has 1 aromatic carbocycles. The molecule has 0 unspecified atom stereocenters. The molecule has 0 aliphatic rings. The van der Waals surface area contributed by atoms with Crippen LogP contribution in [0.15, 0.2) is 18.2 Å². The van der Waals surface area contributed by atoms with Gasteiger partial charge in [0.2, 0.25) is 0 Å². The Balaban J connectivity index is 2.54. The van der Waals surface area contributed by atoms with Crippen LogP contribution in [0, 0.1) is 12.3 Å². The van der Waals surface area contributed by atoms with E-state index in [0.717, 1.165) is 17.5 Å². The molecule has 0 saturated carbocycles. The Morgan fingerprint density at radius 3 is 2.79 bits per heavy atom. The van der Waals surface area contributed by atoms with Gasteiger partial charge in [-0.1, -0.05) is 6.07 Å². The second kappa shape index (κ2) is 4.50. The molecule has 5 N–H and O–H groups in total. The fraction of sp³-hybridized carbons (Fsp3) is 0.300. The van der Waals surface area contributed by atoms with Crippen molar-refractivity contribution in [3.8, 4) is 5.75 Å². The summed E-state index contributed by atoms with van der Waals surface area (Å²) in [4.78, 5) is 0. The van der Waals surface area contributed by atoms with Gasteiger partial charge in [-0.3, -0.25) is 5.41 Å². The third-order valence-corrected chi connectivity index (χ3v) is 1.85. The molecule has 0 aliphatic heterocycles. The van der Waals surface area contributed by atoms with E-state index >= 15 is 0 Å². The van der Waals surface area contributed by atoms with Gasteiger partial charge in [-0.2, -0.15) is 0 Å². The number of guanidine groups is 1. The van der Waals surface area contributed by atoms with Crippen molar-refractivity contribution in [1.29, 1.82) is 5.41 Å². The molecule has 0 heterocycles. The van der Waals surface area contributed by atoms with E-state index in [1.807, 2.05) is 13.0 Å². The van der Waals surface area contributed by atoms with Crippen LogP contribution < -0.4 is 11.1 Å². The Bertz CT molecular complexity index is 316. The Kier molecular flexibility index (Phi) is 3.34. The van der Waals surface area contributed by atoms with Gasteiger partial charge in [0.25, 0.3) is 0 Å². The van der Waals surface area contributed by atoms with Crippen LogP contribution in [0.25, 0.3) is 0 Å². The highest BCUT2D eigenvalue weighted by molar-refractivity contribution is 5.74. The average molecular weight is 193 g/mol. The number of nitrogens with two attached hydrogens (primary N) is 1. The summed E-state index contributed by atoms with van der Waals surface area (Å²) in [5.41, 5.74) is 7.21. The van der Waals surface area contributed by atoms with Crippen molar-refractivity contribution < 1.29 is 5.11 Å². The van der Waals surface area contributed by atoms with Crippen LogP contribution in [0.5, 0.6) is 5.75 Å². The molecule has 4 heteroatoms. The summed E-state index contributed by atoms with van der Waals surface area (Å²) >= 11 is 0. The van der Waals surface area contributed by atoms with Crippen LogP contribution in [-0.2, 0) is 6.42 Å². The molecule has 0 aromatic heterocycles. The van der Waals surface area contributed by atoms with Gasteiger partial charge in [0.05, 0.1) is 0 Å². The zero-order valence-electron chi connectivity index (χ0n) is 8.17. The van der Waals surface area contributed by atoms with Gasteiger partial charge in [-0.15, -0.1) is 0 Å². The minimum absolute atomic E-state index is 0.0260. The number of aromatic hydroxyl groups is 1. The number of phenolic OH excluding ortho intramolecular Hbond substituents is 1. The third kappa shape index (κ3) is 3.35. The second-order valence-corrected chi connectivity index (χ2v) is 3.27. The van der Waals surface area contributed by atoms with E-state index in [-0.39, 0.29) is 11.7 Å². The molecular formula is C10H15N3O.